The van der Waals surface area contributed by atoms with Crippen molar-refractivity contribution in [3.8, 4) is 16.9 Å². The number of esters is 1. The topological polar surface area (TPSA) is 61.5 Å². The number of fused-ring (bicyclic) bond motifs is 1. The van der Waals surface area contributed by atoms with Gasteiger partial charge in [0.15, 0.2) is 0 Å². The quantitative estimate of drug-likeness (QED) is 0.462. The summed E-state index contributed by atoms with van der Waals surface area (Å²) in [6.45, 7) is 0. The van der Waals surface area contributed by atoms with E-state index in [0.29, 0.717) is 28.0 Å². The van der Waals surface area contributed by atoms with Gasteiger partial charge in [0.25, 0.3) is 0 Å². The van der Waals surface area contributed by atoms with E-state index in [2.05, 4.69) is 0 Å². The van der Waals surface area contributed by atoms with Gasteiger partial charge in [0.1, 0.15) is 5.75 Å². The van der Waals surface area contributed by atoms with Gasteiger partial charge in [-0.15, -0.1) is 0 Å². The third kappa shape index (κ3) is 4.66. The van der Waals surface area contributed by atoms with Crippen LogP contribution in [-0.4, -0.2) is 20.2 Å². The standard InChI is InChI=1S/C27H26F3NO3/c1-33-24-12-7-16(14-25(32)34-2)13-22(24)20-11-9-18(27(28,29)30)15-23(20)26(31)21-10-8-17-5-3-4-6-19(17)21/h3-7,9,11-13,15,21,26H,8,10,14,31H2,1-2H3/t21?,26-/m0/s1. The predicted octanol–water partition coefficient (Wildman–Crippen LogP) is 5.83. The second-order valence-electron chi connectivity index (χ2n) is 8.46. The van der Waals surface area contributed by atoms with Crippen molar-refractivity contribution < 1.29 is 27.4 Å². The number of hydrogen-bond acceptors (Lipinski definition) is 4. The van der Waals surface area contributed by atoms with Crippen molar-refractivity contribution in [1.82, 2.24) is 0 Å². The van der Waals surface area contributed by atoms with E-state index in [-0.39, 0.29) is 12.3 Å². The number of halogens is 3. The minimum atomic E-state index is -4.50. The maximum atomic E-state index is 13.7. The molecule has 4 nitrogen and oxygen atoms in total. The van der Waals surface area contributed by atoms with Gasteiger partial charge in [0.05, 0.1) is 26.2 Å². The lowest BCUT2D eigenvalue weighted by Crippen LogP contribution is -2.20. The third-order valence-corrected chi connectivity index (χ3v) is 6.48. The Labute approximate surface area is 196 Å². The average molecular weight is 470 g/mol. The van der Waals surface area contributed by atoms with Gasteiger partial charge in [0.2, 0.25) is 0 Å². The number of hydrogen-bond donors (Lipinski definition) is 1. The highest BCUT2D eigenvalue weighted by Gasteiger charge is 2.35. The first-order valence-corrected chi connectivity index (χ1v) is 11.0. The van der Waals surface area contributed by atoms with E-state index < -0.39 is 23.8 Å². The zero-order valence-electron chi connectivity index (χ0n) is 19.0. The summed E-state index contributed by atoms with van der Waals surface area (Å²) in [5.74, 6) is -0.0423. The van der Waals surface area contributed by atoms with E-state index >= 15 is 0 Å². The van der Waals surface area contributed by atoms with Crippen LogP contribution < -0.4 is 10.5 Å². The zero-order chi connectivity index (χ0) is 24.5. The molecule has 0 amide bonds. The van der Waals surface area contributed by atoms with Gasteiger partial charge >= 0.3 is 12.1 Å². The summed E-state index contributed by atoms with van der Waals surface area (Å²) in [5.41, 5.74) is 10.4. The fourth-order valence-electron chi connectivity index (χ4n) is 4.75. The Morgan fingerprint density at radius 1 is 1.06 bits per heavy atom. The Morgan fingerprint density at radius 3 is 2.53 bits per heavy atom. The van der Waals surface area contributed by atoms with Crippen LogP contribution in [-0.2, 0) is 28.5 Å². The molecule has 34 heavy (non-hydrogen) atoms. The van der Waals surface area contributed by atoms with Gasteiger partial charge in [-0.2, -0.15) is 13.2 Å². The second-order valence-corrected chi connectivity index (χ2v) is 8.46. The first kappa shape index (κ1) is 23.8. The molecule has 1 unspecified atom stereocenters. The molecule has 0 saturated carbocycles. The number of ether oxygens (including phenoxy) is 2. The summed E-state index contributed by atoms with van der Waals surface area (Å²) >= 11 is 0. The first-order valence-electron chi connectivity index (χ1n) is 11.0. The molecular weight excluding hydrogens is 443 g/mol. The van der Waals surface area contributed by atoms with E-state index in [1.165, 1.54) is 25.8 Å². The Balaban J connectivity index is 1.86. The summed E-state index contributed by atoms with van der Waals surface area (Å²) in [5, 5.41) is 0. The fourth-order valence-corrected chi connectivity index (χ4v) is 4.75. The minimum Gasteiger partial charge on any atom is -0.496 e. The Bertz CT molecular complexity index is 1210. The molecule has 1 aliphatic carbocycles. The van der Waals surface area contributed by atoms with Crippen molar-refractivity contribution >= 4 is 5.97 Å². The highest BCUT2D eigenvalue weighted by molar-refractivity contribution is 5.78. The highest BCUT2D eigenvalue weighted by Crippen LogP contribution is 2.45. The summed E-state index contributed by atoms with van der Waals surface area (Å²) < 4.78 is 51.2. The number of carbonyl (C=O) groups excluding carboxylic acids is 1. The molecule has 1 aliphatic rings. The summed E-state index contributed by atoms with van der Waals surface area (Å²) in [6.07, 6.45) is -2.88. The number of aryl methyl sites for hydroxylation is 1. The third-order valence-electron chi connectivity index (χ3n) is 6.48. The molecule has 0 spiro atoms. The number of methoxy groups -OCH3 is 2. The van der Waals surface area contributed by atoms with Gasteiger partial charge in [0, 0.05) is 17.5 Å². The van der Waals surface area contributed by atoms with E-state index in [9.17, 15) is 18.0 Å². The Morgan fingerprint density at radius 2 is 1.82 bits per heavy atom. The van der Waals surface area contributed by atoms with Crippen molar-refractivity contribution in [1.29, 1.82) is 0 Å². The van der Waals surface area contributed by atoms with E-state index in [0.717, 1.165) is 30.5 Å². The fraction of sp³-hybridized carbons (Fsp3) is 0.296. The van der Waals surface area contributed by atoms with Crippen molar-refractivity contribution in [2.24, 2.45) is 5.73 Å². The normalized spacial score (nSPS) is 16.1. The first-order chi connectivity index (χ1) is 16.2. The summed E-state index contributed by atoms with van der Waals surface area (Å²) in [6, 6.07) is 16.1. The van der Waals surface area contributed by atoms with E-state index in [4.69, 9.17) is 15.2 Å². The van der Waals surface area contributed by atoms with Gasteiger partial charge in [-0.05, 0) is 64.9 Å². The van der Waals surface area contributed by atoms with Crippen molar-refractivity contribution in [2.75, 3.05) is 14.2 Å². The zero-order valence-corrected chi connectivity index (χ0v) is 19.0. The van der Waals surface area contributed by atoms with Crippen LogP contribution in [0.2, 0.25) is 0 Å². The number of carbonyl (C=O) groups is 1. The molecule has 0 bridgehead atoms. The van der Waals surface area contributed by atoms with E-state index in [1.54, 1.807) is 18.2 Å². The molecule has 0 aliphatic heterocycles. The molecule has 4 rings (SSSR count). The maximum absolute atomic E-state index is 13.7. The molecule has 0 heterocycles. The van der Waals surface area contributed by atoms with Crippen LogP contribution in [0.1, 0.15) is 46.2 Å². The smallest absolute Gasteiger partial charge is 0.416 e. The molecule has 2 N–H and O–H groups in total. The molecule has 3 aromatic carbocycles. The van der Waals surface area contributed by atoms with E-state index in [1.807, 2.05) is 24.3 Å². The second kappa shape index (κ2) is 9.50. The van der Waals surface area contributed by atoms with Crippen LogP contribution in [0.4, 0.5) is 13.2 Å². The predicted molar refractivity (Wildman–Crippen MR) is 124 cm³/mol. The maximum Gasteiger partial charge on any atom is 0.416 e. The SMILES string of the molecule is COC(=O)Cc1ccc(OC)c(-c2ccc(C(F)(F)F)cc2[C@@H](N)C2CCc3ccccc32)c1. The highest BCUT2D eigenvalue weighted by atomic mass is 19.4. The lowest BCUT2D eigenvalue weighted by molar-refractivity contribution is -0.140. The molecule has 0 aromatic heterocycles. The van der Waals surface area contributed by atoms with Gasteiger partial charge in [-0.25, -0.2) is 0 Å². The molecule has 2 atom stereocenters. The van der Waals surface area contributed by atoms with Crippen LogP contribution in [0.25, 0.3) is 11.1 Å². The largest absolute Gasteiger partial charge is 0.496 e. The Kier molecular flexibility index (Phi) is 6.66. The lowest BCUT2D eigenvalue weighted by Gasteiger charge is -2.25. The molecule has 3 aromatic rings. The van der Waals surface area contributed by atoms with Crippen LogP contribution in [0, 0.1) is 0 Å². The molecule has 7 heteroatoms. The number of benzene rings is 3. The molecule has 178 valence electrons. The van der Waals surface area contributed by atoms with Crippen LogP contribution in [0.15, 0.2) is 60.7 Å². The van der Waals surface area contributed by atoms with Gasteiger partial charge < -0.3 is 15.2 Å². The molecular formula is C27H26F3NO3. The van der Waals surface area contributed by atoms with Gasteiger partial charge in [-0.3, -0.25) is 4.79 Å². The number of alkyl halides is 3. The molecule has 0 fully saturated rings. The summed E-state index contributed by atoms with van der Waals surface area (Å²) in [7, 11) is 2.80. The van der Waals surface area contributed by atoms with Crippen LogP contribution in [0.5, 0.6) is 5.75 Å². The van der Waals surface area contributed by atoms with Crippen molar-refractivity contribution in [3.05, 3.63) is 88.5 Å². The molecule has 0 saturated heterocycles. The van der Waals surface area contributed by atoms with Crippen molar-refractivity contribution in [2.45, 2.75) is 37.4 Å². The van der Waals surface area contributed by atoms with Crippen molar-refractivity contribution in [3.63, 3.8) is 0 Å². The lowest BCUT2D eigenvalue weighted by atomic mass is 9.83. The monoisotopic (exact) mass is 469 g/mol. The summed E-state index contributed by atoms with van der Waals surface area (Å²) in [4.78, 5) is 11.8. The van der Waals surface area contributed by atoms with Crippen LogP contribution >= 0.6 is 0 Å². The average Bonchev–Trinajstić information content (AvgIpc) is 3.26. The van der Waals surface area contributed by atoms with Crippen LogP contribution in [0.3, 0.4) is 0 Å². The minimum absolute atomic E-state index is 0.0333. The Hall–Kier alpha value is -3.32. The number of rotatable bonds is 6. The van der Waals surface area contributed by atoms with Gasteiger partial charge in [-0.1, -0.05) is 36.4 Å². The number of nitrogens with two attached hydrogens (primary N) is 1. The molecule has 0 radical (unpaired) electrons.